The molecule has 0 aromatic heterocycles. The number of benzene rings is 1. The lowest BCUT2D eigenvalue weighted by atomic mass is 9.97. The maximum Gasteiger partial charge on any atom is 0.410 e. The van der Waals surface area contributed by atoms with E-state index in [4.69, 9.17) is 4.74 Å². The summed E-state index contributed by atoms with van der Waals surface area (Å²) in [5, 5.41) is 0. The van der Waals surface area contributed by atoms with Crippen LogP contribution in [-0.4, -0.2) is 42.1 Å². The number of nitrogens with zero attached hydrogens (tertiary/aromatic N) is 2. The molecule has 0 saturated heterocycles. The Morgan fingerprint density at radius 3 is 2.64 bits per heavy atom. The van der Waals surface area contributed by atoms with E-state index in [1.54, 1.807) is 4.90 Å². The fourth-order valence-corrected chi connectivity index (χ4v) is 3.29. The third-order valence-electron chi connectivity index (χ3n) is 3.50. The molecule has 1 amide bonds. The van der Waals surface area contributed by atoms with E-state index < -0.39 is 5.60 Å². The normalized spacial score (nSPS) is 15.0. The van der Waals surface area contributed by atoms with Crippen LogP contribution >= 0.6 is 15.9 Å². The van der Waals surface area contributed by atoms with Crippen molar-refractivity contribution in [3.63, 3.8) is 0 Å². The van der Waals surface area contributed by atoms with Crippen LogP contribution in [0.5, 0.6) is 0 Å². The fourth-order valence-electron chi connectivity index (χ4n) is 2.62. The third-order valence-corrected chi connectivity index (χ3v) is 4.21. The number of carbonyl (C=O) groups excluding carboxylic acids is 1. The molecule has 22 heavy (non-hydrogen) atoms. The molecule has 5 heteroatoms. The molecule has 0 aliphatic carbocycles. The average molecular weight is 369 g/mol. The first-order valence-corrected chi connectivity index (χ1v) is 8.38. The smallest absolute Gasteiger partial charge is 0.410 e. The SMILES string of the molecule is CN(C)Cc1cc(Br)c2c(c1)CCN(C(=O)OC(C)(C)C)C2. The molecule has 1 aromatic carbocycles. The molecule has 0 unspecified atom stereocenters. The van der Waals surface area contributed by atoms with Crippen LogP contribution in [0.15, 0.2) is 16.6 Å². The highest BCUT2D eigenvalue weighted by molar-refractivity contribution is 9.10. The van der Waals surface area contributed by atoms with Gasteiger partial charge in [-0.1, -0.05) is 22.0 Å². The molecular weight excluding hydrogens is 344 g/mol. The van der Waals surface area contributed by atoms with Gasteiger partial charge < -0.3 is 14.5 Å². The minimum atomic E-state index is -0.454. The van der Waals surface area contributed by atoms with Gasteiger partial charge in [-0.15, -0.1) is 0 Å². The average Bonchev–Trinajstić information content (AvgIpc) is 2.35. The Labute approximate surface area is 141 Å². The van der Waals surface area contributed by atoms with Gasteiger partial charge in [0.2, 0.25) is 0 Å². The Kier molecular flexibility index (Phi) is 5.17. The molecule has 0 saturated carbocycles. The van der Waals surface area contributed by atoms with Crippen molar-refractivity contribution in [3.05, 3.63) is 33.3 Å². The summed E-state index contributed by atoms with van der Waals surface area (Å²) < 4.78 is 6.55. The van der Waals surface area contributed by atoms with Crippen LogP contribution in [0.1, 0.15) is 37.5 Å². The van der Waals surface area contributed by atoms with E-state index in [-0.39, 0.29) is 6.09 Å². The molecule has 1 aliphatic heterocycles. The van der Waals surface area contributed by atoms with Gasteiger partial charge in [0.05, 0.1) is 6.54 Å². The number of rotatable bonds is 2. The Bertz CT molecular complexity index is 565. The minimum absolute atomic E-state index is 0.234. The van der Waals surface area contributed by atoms with Gasteiger partial charge in [-0.05, 0) is 64.0 Å². The van der Waals surface area contributed by atoms with Gasteiger partial charge >= 0.3 is 6.09 Å². The van der Waals surface area contributed by atoms with Crippen LogP contribution < -0.4 is 0 Å². The number of ether oxygens (including phenoxy) is 1. The van der Waals surface area contributed by atoms with Crippen LogP contribution in [-0.2, 0) is 24.2 Å². The number of carbonyl (C=O) groups is 1. The maximum atomic E-state index is 12.2. The van der Waals surface area contributed by atoms with Crippen molar-refractivity contribution in [2.75, 3.05) is 20.6 Å². The Morgan fingerprint density at radius 1 is 1.36 bits per heavy atom. The van der Waals surface area contributed by atoms with Crippen LogP contribution in [0.4, 0.5) is 4.79 Å². The lowest BCUT2D eigenvalue weighted by Gasteiger charge is -2.32. The first-order valence-electron chi connectivity index (χ1n) is 7.58. The second kappa shape index (κ2) is 6.59. The Hall–Kier alpha value is -1.07. The van der Waals surface area contributed by atoms with Gasteiger partial charge in [0, 0.05) is 17.6 Å². The quantitative estimate of drug-likeness (QED) is 0.795. The van der Waals surface area contributed by atoms with E-state index in [2.05, 4.69) is 47.1 Å². The largest absolute Gasteiger partial charge is 0.444 e. The summed E-state index contributed by atoms with van der Waals surface area (Å²) in [7, 11) is 4.13. The van der Waals surface area contributed by atoms with Gasteiger partial charge in [-0.2, -0.15) is 0 Å². The molecule has 0 atom stereocenters. The van der Waals surface area contributed by atoms with Crippen molar-refractivity contribution in [3.8, 4) is 0 Å². The van der Waals surface area contributed by atoms with E-state index in [0.717, 1.165) is 17.4 Å². The Balaban J connectivity index is 2.15. The summed E-state index contributed by atoms with van der Waals surface area (Å²) >= 11 is 3.66. The van der Waals surface area contributed by atoms with E-state index in [0.29, 0.717) is 13.1 Å². The van der Waals surface area contributed by atoms with Crippen molar-refractivity contribution in [1.82, 2.24) is 9.80 Å². The van der Waals surface area contributed by atoms with Crippen LogP contribution in [0.3, 0.4) is 0 Å². The second-order valence-corrected chi connectivity index (χ2v) is 7.96. The zero-order chi connectivity index (χ0) is 16.5. The van der Waals surface area contributed by atoms with E-state index >= 15 is 0 Å². The topological polar surface area (TPSA) is 32.8 Å². The third kappa shape index (κ3) is 4.46. The highest BCUT2D eigenvalue weighted by Gasteiger charge is 2.27. The van der Waals surface area contributed by atoms with Crippen molar-refractivity contribution in [2.24, 2.45) is 0 Å². The molecule has 1 aliphatic rings. The highest BCUT2D eigenvalue weighted by atomic mass is 79.9. The number of fused-ring (bicyclic) bond motifs is 1. The van der Waals surface area contributed by atoms with Gasteiger partial charge in [-0.25, -0.2) is 4.79 Å². The molecule has 0 spiro atoms. The molecule has 0 radical (unpaired) electrons. The summed E-state index contributed by atoms with van der Waals surface area (Å²) in [6.07, 6.45) is 0.636. The van der Waals surface area contributed by atoms with E-state index in [9.17, 15) is 4.79 Å². The van der Waals surface area contributed by atoms with Gasteiger partial charge in [-0.3, -0.25) is 0 Å². The standard InChI is InChI=1S/C17H25BrN2O2/c1-17(2,3)22-16(21)20-7-6-13-8-12(10-19(4)5)9-15(18)14(13)11-20/h8-9H,6-7,10-11H2,1-5H3. The maximum absolute atomic E-state index is 12.2. The van der Waals surface area contributed by atoms with Crippen molar-refractivity contribution in [1.29, 1.82) is 0 Å². The predicted molar refractivity (Wildman–Crippen MR) is 91.9 cm³/mol. The number of hydrogen-bond donors (Lipinski definition) is 0. The lowest BCUT2D eigenvalue weighted by Crippen LogP contribution is -2.40. The molecule has 0 bridgehead atoms. The zero-order valence-corrected chi connectivity index (χ0v) is 15.7. The van der Waals surface area contributed by atoms with Gasteiger partial charge in [0.15, 0.2) is 0 Å². The fraction of sp³-hybridized carbons (Fsp3) is 0.588. The summed E-state index contributed by atoms with van der Waals surface area (Å²) in [6, 6.07) is 4.41. The van der Waals surface area contributed by atoms with E-state index in [1.165, 1.54) is 16.7 Å². The molecule has 122 valence electrons. The van der Waals surface area contributed by atoms with Crippen molar-refractivity contribution in [2.45, 2.75) is 45.9 Å². The summed E-state index contributed by atoms with van der Waals surface area (Å²) in [4.78, 5) is 16.2. The molecule has 1 heterocycles. The molecule has 0 N–H and O–H groups in total. The van der Waals surface area contributed by atoms with Crippen molar-refractivity contribution >= 4 is 22.0 Å². The molecule has 4 nitrogen and oxygen atoms in total. The molecule has 2 rings (SSSR count). The second-order valence-electron chi connectivity index (χ2n) is 7.10. The van der Waals surface area contributed by atoms with Crippen molar-refractivity contribution < 1.29 is 9.53 Å². The Morgan fingerprint density at radius 2 is 2.05 bits per heavy atom. The number of hydrogen-bond acceptors (Lipinski definition) is 3. The molecule has 1 aromatic rings. The highest BCUT2D eigenvalue weighted by Crippen LogP contribution is 2.29. The lowest BCUT2D eigenvalue weighted by molar-refractivity contribution is 0.0223. The van der Waals surface area contributed by atoms with Gasteiger partial charge in [0.1, 0.15) is 5.60 Å². The molecular formula is C17H25BrN2O2. The van der Waals surface area contributed by atoms with Crippen LogP contribution in [0.25, 0.3) is 0 Å². The monoisotopic (exact) mass is 368 g/mol. The predicted octanol–water partition coefficient (Wildman–Crippen LogP) is 3.80. The summed E-state index contributed by atoms with van der Waals surface area (Å²) in [5.74, 6) is 0. The molecule has 0 fully saturated rings. The first-order chi connectivity index (χ1) is 10.2. The minimum Gasteiger partial charge on any atom is -0.444 e. The number of halogens is 1. The van der Waals surface area contributed by atoms with Gasteiger partial charge in [0.25, 0.3) is 0 Å². The summed E-state index contributed by atoms with van der Waals surface area (Å²) in [6.45, 7) is 7.92. The first kappa shape index (κ1) is 17.3. The van der Waals surface area contributed by atoms with E-state index in [1.807, 2.05) is 20.8 Å². The van der Waals surface area contributed by atoms with Crippen LogP contribution in [0.2, 0.25) is 0 Å². The zero-order valence-electron chi connectivity index (χ0n) is 14.1. The van der Waals surface area contributed by atoms with Crippen LogP contribution in [0, 0.1) is 0 Å². The number of amides is 1. The summed E-state index contributed by atoms with van der Waals surface area (Å²) in [5.41, 5.74) is 3.36.